The number of amides is 1. The molecule has 1 aromatic heterocycles. The highest BCUT2D eigenvalue weighted by atomic mass is 32.1. The predicted octanol–water partition coefficient (Wildman–Crippen LogP) is 4.72. The first-order chi connectivity index (χ1) is 10.7. The maximum atomic E-state index is 12.7. The number of rotatable bonds is 4. The SMILES string of the molecule is CCCCC(=O)N1CCc2sccc2C1c1ccc(C)cc1. The van der Waals surface area contributed by atoms with E-state index >= 15 is 0 Å². The smallest absolute Gasteiger partial charge is 0.223 e. The van der Waals surface area contributed by atoms with Crippen LogP contribution in [0.4, 0.5) is 0 Å². The third-order valence-corrected chi connectivity index (χ3v) is 5.42. The van der Waals surface area contributed by atoms with Crippen LogP contribution in [0.25, 0.3) is 0 Å². The Balaban J connectivity index is 1.95. The van der Waals surface area contributed by atoms with Gasteiger partial charge in [-0.3, -0.25) is 4.79 Å². The van der Waals surface area contributed by atoms with Gasteiger partial charge in [0.2, 0.25) is 5.91 Å². The summed E-state index contributed by atoms with van der Waals surface area (Å²) in [6.45, 7) is 5.08. The molecule has 2 aromatic rings. The summed E-state index contributed by atoms with van der Waals surface area (Å²) in [6.07, 6.45) is 3.70. The Labute approximate surface area is 136 Å². The largest absolute Gasteiger partial charge is 0.331 e. The molecule has 0 spiro atoms. The number of hydrogen-bond acceptors (Lipinski definition) is 2. The van der Waals surface area contributed by atoms with Crippen LogP contribution in [0.1, 0.15) is 53.8 Å². The molecule has 0 saturated carbocycles. The quantitative estimate of drug-likeness (QED) is 0.799. The molecular weight excluding hydrogens is 290 g/mol. The van der Waals surface area contributed by atoms with Gasteiger partial charge in [-0.05, 0) is 42.3 Å². The van der Waals surface area contributed by atoms with Gasteiger partial charge in [0.25, 0.3) is 0 Å². The van der Waals surface area contributed by atoms with E-state index in [2.05, 4.69) is 54.5 Å². The zero-order valence-corrected chi connectivity index (χ0v) is 14.2. The maximum absolute atomic E-state index is 12.7. The minimum atomic E-state index is 0.0972. The molecule has 0 N–H and O–H groups in total. The van der Waals surface area contributed by atoms with E-state index in [1.807, 2.05) is 11.3 Å². The summed E-state index contributed by atoms with van der Waals surface area (Å²) in [7, 11) is 0. The first-order valence-electron chi connectivity index (χ1n) is 8.13. The van der Waals surface area contributed by atoms with Gasteiger partial charge >= 0.3 is 0 Å². The Morgan fingerprint density at radius 1 is 1.27 bits per heavy atom. The Morgan fingerprint density at radius 3 is 2.77 bits per heavy atom. The molecular formula is C19H23NOS. The number of carbonyl (C=O) groups is 1. The Morgan fingerprint density at radius 2 is 2.05 bits per heavy atom. The van der Waals surface area contributed by atoms with E-state index in [9.17, 15) is 4.79 Å². The van der Waals surface area contributed by atoms with Crippen LogP contribution in [0.15, 0.2) is 35.7 Å². The number of benzene rings is 1. The Kier molecular flexibility index (Phi) is 4.63. The van der Waals surface area contributed by atoms with Crippen molar-refractivity contribution in [1.82, 2.24) is 4.90 Å². The highest BCUT2D eigenvalue weighted by Crippen LogP contribution is 2.38. The summed E-state index contributed by atoms with van der Waals surface area (Å²) in [6, 6.07) is 10.9. The molecule has 0 saturated heterocycles. The minimum absolute atomic E-state index is 0.0972. The number of unbranched alkanes of at least 4 members (excludes halogenated alkanes) is 1. The van der Waals surface area contributed by atoms with Gasteiger partial charge in [-0.1, -0.05) is 43.2 Å². The number of carbonyl (C=O) groups excluding carboxylic acids is 1. The van der Waals surface area contributed by atoms with Crippen LogP contribution in [0.2, 0.25) is 0 Å². The van der Waals surface area contributed by atoms with Crippen molar-refractivity contribution in [3.05, 3.63) is 57.3 Å². The first kappa shape index (κ1) is 15.3. The zero-order valence-electron chi connectivity index (χ0n) is 13.3. The lowest BCUT2D eigenvalue weighted by atomic mass is 9.92. The highest BCUT2D eigenvalue weighted by Gasteiger charge is 2.32. The molecule has 1 aromatic carbocycles. The number of thiophene rings is 1. The normalized spacial score (nSPS) is 17.4. The molecule has 1 aliphatic heterocycles. The summed E-state index contributed by atoms with van der Waals surface area (Å²) in [5.74, 6) is 0.296. The van der Waals surface area contributed by atoms with Gasteiger partial charge in [-0.25, -0.2) is 0 Å². The van der Waals surface area contributed by atoms with Crippen molar-refractivity contribution < 1.29 is 4.79 Å². The monoisotopic (exact) mass is 313 g/mol. The predicted molar refractivity (Wildman–Crippen MR) is 92.3 cm³/mol. The molecule has 2 heterocycles. The highest BCUT2D eigenvalue weighted by molar-refractivity contribution is 7.10. The van der Waals surface area contributed by atoms with Gasteiger partial charge in [0.15, 0.2) is 0 Å². The molecule has 0 radical (unpaired) electrons. The summed E-state index contributed by atoms with van der Waals surface area (Å²) < 4.78 is 0. The number of fused-ring (bicyclic) bond motifs is 1. The first-order valence-corrected chi connectivity index (χ1v) is 9.01. The van der Waals surface area contributed by atoms with Gasteiger partial charge < -0.3 is 4.90 Å². The second-order valence-electron chi connectivity index (χ2n) is 6.05. The van der Waals surface area contributed by atoms with Crippen molar-refractivity contribution in [3.63, 3.8) is 0 Å². The molecule has 3 rings (SSSR count). The van der Waals surface area contributed by atoms with Gasteiger partial charge in [0.05, 0.1) is 6.04 Å². The van der Waals surface area contributed by atoms with Crippen molar-refractivity contribution >= 4 is 17.2 Å². The average molecular weight is 313 g/mol. The van der Waals surface area contributed by atoms with Gasteiger partial charge in [0.1, 0.15) is 0 Å². The molecule has 2 nitrogen and oxygen atoms in total. The van der Waals surface area contributed by atoms with Crippen molar-refractivity contribution in [2.75, 3.05) is 6.54 Å². The molecule has 22 heavy (non-hydrogen) atoms. The van der Waals surface area contributed by atoms with Crippen LogP contribution >= 0.6 is 11.3 Å². The molecule has 1 atom stereocenters. The summed E-state index contributed by atoms with van der Waals surface area (Å²) in [4.78, 5) is 16.2. The van der Waals surface area contributed by atoms with Gasteiger partial charge in [-0.2, -0.15) is 0 Å². The lowest BCUT2D eigenvalue weighted by Gasteiger charge is -2.36. The third-order valence-electron chi connectivity index (χ3n) is 4.42. The molecule has 3 heteroatoms. The van der Waals surface area contributed by atoms with Gasteiger partial charge in [0, 0.05) is 17.8 Å². The summed E-state index contributed by atoms with van der Waals surface area (Å²) in [5, 5.41) is 2.16. The van der Waals surface area contributed by atoms with Crippen molar-refractivity contribution in [1.29, 1.82) is 0 Å². The molecule has 1 amide bonds. The fourth-order valence-corrected chi connectivity index (χ4v) is 4.07. The standard InChI is InChI=1S/C19H23NOS/c1-3-4-5-18(21)20-12-10-17-16(11-13-22-17)19(20)15-8-6-14(2)7-9-15/h6-9,11,13,19H,3-5,10,12H2,1-2H3. The van der Waals surface area contributed by atoms with Crippen molar-refractivity contribution in [3.8, 4) is 0 Å². The van der Waals surface area contributed by atoms with Crippen LogP contribution in [-0.2, 0) is 11.2 Å². The summed E-state index contributed by atoms with van der Waals surface area (Å²) >= 11 is 1.82. The molecule has 1 unspecified atom stereocenters. The lowest BCUT2D eigenvalue weighted by Crippen LogP contribution is -2.39. The van der Waals surface area contributed by atoms with E-state index < -0.39 is 0 Å². The summed E-state index contributed by atoms with van der Waals surface area (Å²) in [5.41, 5.74) is 3.81. The van der Waals surface area contributed by atoms with Crippen molar-refractivity contribution in [2.24, 2.45) is 0 Å². The second-order valence-corrected chi connectivity index (χ2v) is 7.05. The van der Waals surface area contributed by atoms with Gasteiger partial charge in [-0.15, -0.1) is 11.3 Å². The van der Waals surface area contributed by atoms with E-state index in [4.69, 9.17) is 0 Å². The van der Waals surface area contributed by atoms with E-state index in [0.29, 0.717) is 12.3 Å². The fraction of sp³-hybridized carbons (Fsp3) is 0.421. The van der Waals surface area contributed by atoms with E-state index in [1.54, 1.807) is 0 Å². The average Bonchev–Trinajstić information content (AvgIpc) is 3.01. The van der Waals surface area contributed by atoms with Crippen LogP contribution in [-0.4, -0.2) is 17.4 Å². The molecule has 0 aliphatic carbocycles. The Hall–Kier alpha value is -1.61. The molecule has 0 fully saturated rings. The number of hydrogen-bond donors (Lipinski definition) is 0. The molecule has 116 valence electrons. The van der Waals surface area contributed by atoms with E-state index in [1.165, 1.54) is 21.6 Å². The number of nitrogens with zero attached hydrogens (tertiary/aromatic N) is 1. The molecule has 0 bridgehead atoms. The van der Waals surface area contributed by atoms with Crippen LogP contribution < -0.4 is 0 Å². The third kappa shape index (κ3) is 2.95. The van der Waals surface area contributed by atoms with Crippen LogP contribution in [0.3, 0.4) is 0 Å². The van der Waals surface area contributed by atoms with E-state index in [0.717, 1.165) is 25.8 Å². The van der Waals surface area contributed by atoms with Crippen LogP contribution in [0, 0.1) is 6.92 Å². The molecule has 1 aliphatic rings. The minimum Gasteiger partial charge on any atom is -0.331 e. The van der Waals surface area contributed by atoms with Crippen molar-refractivity contribution in [2.45, 2.75) is 45.6 Å². The zero-order chi connectivity index (χ0) is 15.5. The second kappa shape index (κ2) is 6.66. The van der Waals surface area contributed by atoms with E-state index in [-0.39, 0.29) is 6.04 Å². The Bertz CT molecular complexity index is 644. The van der Waals surface area contributed by atoms with Crippen LogP contribution in [0.5, 0.6) is 0 Å². The maximum Gasteiger partial charge on any atom is 0.223 e. The topological polar surface area (TPSA) is 20.3 Å². The lowest BCUT2D eigenvalue weighted by molar-refractivity contribution is -0.133. The number of aryl methyl sites for hydroxylation is 1. The fourth-order valence-electron chi connectivity index (χ4n) is 3.16.